The van der Waals surface area contributed by atoms with Crippen LogP contribution in [0, 0.1) is 5.92 Å². The van der Waals surface area contributed by atoms with E-state index in [4.69, 9.17) is 0 Å². The van der Waals surface area contributed by atoms with Crippen molar-refractivity contribution in [3.63, 3.8) is 0 Å². The molecular formula is C21H30N4O3. The van der Waals surface area contributed by atoms with Gasteiger partial charge >= 0.3 is 0 Å². The molecule has 0 saturated carbocycles. The van der Waals surface area contributed by atoms with Gasteiger partial charge in [-0.05, 0) is 39.7 Å². The van der Waals surface area contributed by atoms with Crippen molar-refractivity contribution in [3.8, 4) is 0 Å². The summed E-state index contributed by atoms with van der Waals surface area (Å²) in [6.07, 6.45) is 0. The molecule has 28 heavy (non-hydrogen) atoms. The first-order valence-corrected chi connectivity index (χ1v) is 9.63. The number of carbonyl (C=O) groups is 2. The summed E-state index contributed by atoms with van der Waals surface area (Å²) >= 11 is 0. The maximum absolute atomic E-state index is 13.2. The van der Waals surface area contributed by atoms with Gasteiger partial charge in [-0.25, -0.2) is 4.68 Å². The molecule has 2 rings (SSSR count). The number of nitrogens with one attached hydrogen (secondary N) is 1. The molecule has 1 heterocycles. The minimum Gasteiger partial charge on any atom is -0.350 e. The highest BCUT2D eigenvalue weighted by Gasteiger charge is 2.24. The molecule has 1 N–H and O–H groups in total. The van der Waals surface area contributed by atoms with E-state index in [9.17, 15) is 14.4 Å². The van der Waals surface area contributed by atoms with Crippen molar-refractivity contribution in [2.75, 3.05) is 13.1 Å². The lowest BCUT2D eigenvalue weighted by molar-refractivity contribution is -0.123. The maximum Gasteiger partial charge on any atom is 0.275 e. The smallest absolute Gasteiger partial charge is 0.275 e. The third-order valence-electron chi connectivity index (χ3n) is 4.13. The van der Waals surface area contributed by atoms with Crippen molar-refractivity contribution < 1.29 is 9.59 Å². The zero-order valence-corrected chi connectivity index (χ0v) is 17.6. The maximum atomic E-state index is 13.2. The minimum atomic E-state index is -0.380. The Morgan fingerprint density at radius 2 is 1.79 bits per heavy atom. The summed E-state index contributed by atoms with van der Waals surface area (Å²) in [5, 5.41) is 8.20. The molecule has 0 aliphatic carbocycles. The van der Waals surface area contributed by atoms with E-state index in [1.54, 1.807) is 24.3 Å². The Morgan fingerprint density at radius 3 is 2.32 bits per heavy atom. The number of benzene rings is 1. The summed E-state index contributed by atoms with van der Waals surface area (Å²) in [6.45, 7) is 12.2. The molecule has 0 atom stereocenters. The Bertz CT molecular complexity index is 925. The van der Waals surface area contributed by atoms with Crippen LogP contribution in [0.15, 0.2) is 29.1 Å². The van der Waals surface area contributed by atoms with Gasteiger partial charge in [-0.15, -0.1) is 0 Å². The molecule has 7 heteroatoms. The summed E-state index contributed by atoms with van der Waals surface area (Å²) in [7, 11) is 0. The lowest BCUT2D eigenvalue weighted by Gasteiger charge is -2.25. The third-order valence-corrected chi connectivity index (χ3v) is 4.13. The highest BCUT2D eigenvalue weighted by Crippen LogP contribution is 2.16. The van der Waals surface area contributed by atoms with E-state index in [2.05, 4.69) is 10.4 Å². The summed E-state index contributed by atoms with van der Waals surface area (Å²) < 4.78 is 1.35. The van der Waals surface area contributed by atoms with Gasteiger partial charge in [0.15, 0.2) is 5.69 Å². The second-order valence-electron chi connectivity index (χ2n) is 8.39. The van der Waals surface area contributed by atoms with Gasteiger partial charge in [-0.3, -0.25) is 14.4 Å². The van der Waals surface area contributed by atoms with E-state index >= 15 is 0 Å². The summed E-state index contributed by atoms with van der Waals surface area (Å²) in [6, 6.07) is 6.97. The normalized spacial score (nSPS) is 11.7. The van der Waals surface area contributed by atoms with Crippen LogP contribution in [0.25, 0.3) is 10.8 Å². The first-order chi connectivity index (χ1) is 13.0. The largest absolute Gasteiger partial charge is 0.350 e. The molecule has 2 aromatic rings. The van der Waals surface area contributed by atoms with Gasteiger partial charge in [0.2, 0.25) is 5.91 Å². The Hall–Kier alpha value is -2.70. The fourth-order valence-electron chi connectivity index (χ4n) is 2.97. The molecule has 0 aliphatic rings. The number of rotatable bonds is 6. The third kappa shape index (κ3) is 5.18. The molecule has 0 radical (unpaired) electrons. The van der Waals surface area contributed by atoms with Crippen molar-refractivity contribution >= 4 is 22.6 Å². The fraction of sp³-hybridized carbons (Fsp3) is 0.524. The second kappa shape index (κ2) is 8.54. The highest BCUT2D eigenvalue weighted by molar-refractivity contribution is 6.05. The van der Waals surface area contributed by atoms with E-state index in [0.717, 1.165) is 0 Å². The van der Waals surface area contributed by atoms with Gasteiger partial charge in [0.1, 0.15) is 0 Å². The van der Waals surface area contributed by atoms with E-state index in [0.29, 0.717) is 23.9 Å². The number of carbonyl (C=O) groups excluding carboxylic acids is 2. The van der Waals surface area contributed by atoms with E-state index in [-0.39, 0.29) is 41.1 Å². The van der Waals surface area contributed by atoms with E-state index < -0.39 is 0 Å². The van der Waals surface area contributed by atoms with E-state index in [1.807, 2.05) is 41.5 Å². The molecule has 2 amide bonds. The lowest BCUT2D eigenvalue weighted by Crippen LogP contribution is -2.47. The van der Waals surface area contributed by atoms with Gasteiger partial charge in [0.05, 0.1) is 11.9 Å². The Labute approximate surface area is 165 Å². The summed E-state index contributed by atoms with van der Waals surface area (Å²) in [5.74, 6) is -0.392. The Morgan fingerprint density at radius 1 is 1.18 bits per heavy atom. The molecule has 1 aromatic carbocycles. The summed E-state index contributed by atoms with van der Waals surface area (Å²) in [4.78, 5) is 39.7. The zero-order valence-electron chi connectivity index (χ0n) is 17.6. The van der Waals surface area contributed by atoms with Crippen LogP contribution < -0.4 is 10.9 Å². The number of fused-ring (bicyclic) bond motifs is 1. The van der Waals surface area contributed by atoms with Crippen LogP contribution >= 0.6 is 0 Å². The number of aromatic nitrogens is 2. The second-order valence-corrected chi connectivity index (χ2v) is 8.39. The number of hydrogen-bond acceptors (Lipinski definition) is 4. The Kier molecular flexibility index (Phi) is 6.59. The molecule has 0 aliphatic heterocycles. The predicted octanol–water partition coefficient (Wildman–Crippen LogP) is 2.43. The van der Waals surface area contributed by atoms with Crippen molar-refractivity contribution in [2.45, 2.75) is 53.6 Å². The van der Waals surface area contributed by atoms with Crippen molar-refractivity contribution in [1.29, 1.82) is 0 Å². The van der Waals surface area contributed by atoms with Crippen molar-refractivity contribution in [1.82, 2.24) is 20.0 Å². The molecule has 0 fully saturated rings. The van der Waals surface area contributed by atoms with E-state index in [1.165, 1.54) is 9.58 Å². The molecule has 7 nitrogen and oxygen atoms in total. The van der Waals surface area contributed by atoms with Crippen LogP contribution in [0.1, 0.15) is 52.0 Å². The number of amides is 2. The molecule has 0 spiro atoms. The van der Waals surface area contributed by atoms with Gasteiger partial charge in [0, 0.05) is 24.0 Å². The first-order valence-electron chi connectivity index (χ1n) is 9.63. The minimum absolute atomic E-state index is 0.0636. The van der Waals surface area contributed by atoms with Gasteiger partial charge in [0.25, 0.3) is 11.5 Å². The van der Waals surface area contributed by atoms with Gasteiger partial charge in [-0.1, -0.05) is 32.0 Å². The van der Waals surface area contributed by atoms with Crippen LogP contribution in [0.4, 0.5) is 0 Å². The fourth-order valence-corrected chi connectivity index (χ4v) is 2.97. The molecule has 1 aromatic heterocycles. The molecule has 0 unspecified atom stereocenters. The number of likely N-dealkylation sites (N-methyl/N-ethyl adjacent to an activating group) is 1. The molecular weight excluding hydrogens is 356 g/mol. The van der Waals surface area contributed by atoms with Crippen LogP contribution in [0.5, 0.6) is 0 Å². The predicted molar refractivity (Wildman–Crippen MR) is 110 cm³/mol. The summed E-state index contributed by atoms with van der Waals surface area (Å²) in [5.41, 5.74) is -0.398. The molecule has 0 saturated heterocycles. The number of hydrogen-bond donors (Lipinski definition) is 1. The average molecular weight is 386 g/mol. The van der Waals surface area contributed by atoms with Crippen molar-refractivity contribution in [2.24, 2.45) is 5.92 Å². The van der Waals surface area contributed by atoms with Crippen LogP contribution in [0.2, 0.25) is 0 Å². The highest BCUT2D eigenvalue weighted by atomic mass is 16.2. The first kappa shape index (κ1) is 21.6. The average Bonchev–Trinajstić information content (AvgIpc) is 2.59. The molecule has 0 bridgehead atoms. The SMILES string of the molecule is CCN(CC(=O)NC(C)(C)C)C(=O)c1nn(CC(C)C)c(=O)c2ccccc12. The number of nitrogens with zero attached hydrogens (tertiary/aromatic N) is 3. The molecule has 152 valence electrons. The quantitative estimate of drug-likeness (QED) is 0.826. The van der Waals surface area contributed by atoms with Crippen molar-refractivity contribution in [3.05, 3.63) is 40.3 Å². The van der Waals surface area contributed by atoms with Gasteiger partial charge in [-0.2, -0.15) is 5.10 Å². The standard InChI is InChI=1S/C21H30N4O3/c1-7-24(13-17(26)22-21(4,5)6)20(28)18-15-10-8-9-11-16(15)19(27)25(23-18)12-14(2)3/h8-11,14H,7,12-13H2,1-6H3,(H,22,26). The topological polar surface area (TPSA) is 84.3 Å². The zero-order chi connectivity index (χ0) is 21.1. The van der Waals surface area contributed by atoms with Crippen LogP contribution in [0.3, 0.4) is 0 Å². The monoisotopic (exact) mass is 386 g/mol. The van der Waals surface area contributed by atoms with Gasteiger partial charge < -0.3 is 10.2 Å². The lowest BCUT2D eigenvalue weighted by atomic mass is 10.1. The van der Waals surface area contributed by atoms with Crippen LogP contribution in [-0.2, 0) is 11.3 Å². The Balaban J connectivity index is 2.46. The van der Waals surface area contributed by atoms with Crippen LogP contribution in [-0.4, -0.2) is 45.1 Å².